The van der Waals surface area contributed by atoms with E-state index in [9.17, 15) is 14.3 Å². The van der Waals surface area contributed by atoms with Crippen LogP contribution in [0.15, 0.2) is 18.2 Å². The highest BCUT2D eigenvalue weighted by atomic mass is 19.1. The number of hydrogen-bond acceptors (Lipinski definition) is 2. The van der Waals surface area contributed by atoms with Gasteiger partial charge in [0.2, 0.25) is 0 Å². The lowest BCUT2D eigenvalue weighted by Crippen LogP contribution is -2.47. The van der Waals surface area contributed by atoms with Gasteiger partial charge in [-0.05, 0) is 68.2 Å². The summed E-state index contributed by atoms with van der Waals surface area (Å²) in [7, 11) is 0. The molecule has 1 heterocycles. The van der Waals surface area contributed by atoms with Crippen molar-refractivity contribution in [1.29, 1.82) is 0 Å². The molecule has 1 saturated heterocycles. The number of carbonyl (C=O) groups is 1. The molecular weight excluding hydrogens is 295 g/mol. The molecule has 0 aromatic heterocycles. The fourth-order valence-electron chi connectivity index (χ4n) is 3.76. The Balaban J connectivity index is 1.61. The zero-order chi connectivity index (χ0) is 16.4. The van der Waals surface area contributed by atoms with Gasteiger partial charge in [-0.25, -0.2) is 9.18 Å². The number of rotatable bonds is 2. The van der Waals surface area contributed by atoms with Crippen LogP contribution in [-0.4, -0.2) is 35.2 Å². The fraction of sp³-hybridized carbons (Fsp3) is 0.611. The van der Waals surface area contributed by atoms with Crippen molar-refractivity contribution in [1.82, 2.24) is 10.2 Å². The third kappa shape index (κ3) is 3.66. The molecule has 126 valence electrons. The van der Waals surface area contributed by atoms with Gasteiger partial charge in [0.05, 0.1) is 12.1 Å². The van der Waals surface area contributed by atoms with E-state index in [2.05, 4.69) is 5.32 Å². The van der Waals surface area contributed by atoms with Crippen molar-refractivity contribution in [2.45, 2.75) is 51.2 Å². The van der Waals surface area contributed by atoms with Crippen molar-refractivity contribution in [2.75, 3.05) is 13.1 Å². The van der Waals surface area contributed by atoms with Crippen molar-refractivity contribution in [3.63, 3.8) is 0 Å². The van der Waals surface area contributed by atoms with Gasteiger partial charge in [0.1, 0.15) is 5.82 Å². The summed E-state index contributed by atoms with van der Waals surface area (Å²) in [6, 6.07) is 4.78. The Kier molecular flexibility index (Phi) is 4.85. The monoisotopic (exact) mass is 320 g/mol. The van der Waals surface area contributed by atoms with Crippen LogP contribution in [-0.2, 0) is 6.42 Å². The van der Waals surface area contributed by atoms with Crippen LogP contribution in [0.5, 0.6) is 0 Å². The van der Waals surface area contributed by atoms with E-state index in [1.165, 1.54) is 6.07 Å². The van der Waals surface area contributed by atoms with E-state index in [0.29, 0.717) is 13.1 Å². The lowest BCUT2D eigenvalue weighted by molar-refractivity contribution is 0.0792. The number of aryl methyl sites for hydroxylation is 1. The molecule has 1 aromatic rings. The zero-order valence-electron chi connectivity index (χ0n) is 13.6. The number of likely N-dealkylation sites (tertiary alicyclic amines) is 1. The highest BCUT2D eigenvalue weighted by Crippen LogP contribution is 2.30. The van der Waals surface area contributed by atoms with Gasteiger partial charge < -0.3 is 15.3 Å². The summed E-state index contributed by atoms with van der Waals surface area (Å²) in [4.78, 5) is 14.3. The lowest BCUT2D eigenvalue weighted by atomic mass is 9.87. The highest BCUT2D eigenvalue weighted by Gasteiger charge is 2.28. The van der Waals surface area contributed by atoms with Crippen molar-refractivity contribution in [3.8, 4) is 0 Å². The largest absolute Gasteiger partial charge is 0.393 e. The molecule has 0 bridgehead atoms. The molecule has 2 unspecified atom stereocenters. The molecular formula is C18H25FN2O2. The second kappa shape index (κ2) is 6.87. The van der Waals surface area contributed by atoms with E-state index in [1.807, 2.05) is 11.8 Å². The Morgan fingerprint density at radius 2 is 2.09 bits per heavy atom. The van der Waals surface area contributed by atoms with E-state index < -0.39 is 0 Å². The van der Waals surface area contributed by atoms with Crippen LogP contribution in [0.25, 0.3) is 0 Å². The summed E-state index contributed by atoms with van der Waals surface area (Å²) < 4.78 is 13.4. The molecule has 0 saturated carbocycles. The number of nitrogens with zero attached hydrogens (tertiary/aromatic N) is 1. The minimum atomic E-state index is -0.305. The van der Waals surface area contributed by atoms with Gasteiger partial charge in [-0.2, -0.15) is 0 Å². The predicted molar refractivity (Wildman–Crippen MR) is 86.6 cm³/mol. The SMILES string of the molecule is CC(O)C1CCN(C(=O)NC2CCCc3cc(F)ccc32)CC1. The summed E-state index contributed by atoms with van der Waals surface area (Å²) >= 11 is 0. The first-order valence-corrected chi connectivity index (χ1v) is 8.56. The molecule has 1 aliphatic heterocycles. The molecule has 1 fully saturated rings. The first-order chi connectivity index (χ1) is 11.0. The number of nitrogens with one attached hydrogen (secondary N) is 1. The number of benzene rings is 1. The van der Waals surface area contributed by atoms with Crippen LogP contribution in [0.1, 0.15) is 49.8 Å². The lowest BCUT2D eigenvalue weighted by Gasteiger charge is -2.35. The highest BCUT2D eigenvalue weighted by molar-refractivity contribution is 5.75. The minimum Gasteiger partial charge on any atom is -0.393 e. The second-order valence-corrected chi connectivity index (χ2v) is 6.80. The van der Waals surface area contributed by atoms with Gasteiger partial charge in [0, 0.05) is 13.1 Å². The van der Waals surface area contributed by atoms with Crippen molar-refractivity contribution < 1.29 is 14.3 Å². The van der Waals surface area contributed by atoms with E-state index in [1.54, 1.807) is 12.1 Å². The summed E-state index contributed by atoms with van der Waals surface area (Å²) in [5, 5.41) is 12.8. The van der Waals surface area contributed by atoms with E-state index >= 15 is 0 Å². The fourth-order valence-corrected chi connectivity index (χ4v) is 3.76. The molecule has 2 aliphatic rings. The van der Waals surface area contributed by atoms with Gasteiger partial charge in [0.25, 0.3) is 0 Å². The molecule has 23 heavy (non-hydrogen) atoms. The Bertz CT molecular complexity index is 568. The topological polar surface area (TPSA) is 52.6 Å². The number of aliphatic hydroxyl groups is 1. The molecule has 2 atom stereocenters. The Labute approximate surface area is 136 Å². The Morgan fingerprint density at radius 1 is 1.35 bits per heavy atom. The van der Waals surface area contributed by atoms with Crippen molar-refractivity contribution >= 4 is 6.03 Å². The molecule has 0 radical (unpaired) electrons. The standard InChI is InChI=1S/C18H25FN2O2/c1-12(22)13-7-9-21(10-8-13)18(23)20-17-4-2-3-14-11-15(19)5-6-16(14)17/h5-6,11-13,17,22H,2-4,7-10H2,1H3,(H,20,23). The first kappa shape index (κ1) is 16.2. The van der Waals surface area contributed by atoms with Gasteiger partial charge >= 0.3 is 6.03 Å². The molecule has 2 amide bonds. The summed E-state index contributed by atoms with van der Waals surface area (Å²) in [6.07, 6.45) is 4.12. The van der Waals surface area contributed by atoms with Crippen LogP contribution in [0, 0.1) is 11.7 Å². The maximum atomic E-state index is 13.4. The maximum Gasteiger partial charge on any atom is 0.317 e. The first-order valence-electron chi connectivity index (χ1n) is 8.56. The van der Waals surface area contributed by atoms with Gasteiger partial charge in [-0.1, -0.05) is 6.07 Å². The third-order valence-electron chi connectivity index (χ3n) is 5.23. The number of hydrogen-bond donors (Lipinski definition) is 2. The number of fused-ring (bicyclic) bond motifs is 1. The summed E-state index contributed by atoms with van der Waals surface area (Å²) in [5.74, 6) is 0.0772. The van der Waals surface area contributed by atoms with Gasteiger partial charge in [0.15, 0.2) is 0 Å². The second-order valence-electron chi connectivity index (χ2n) is 6.80. The molecule has 1 aromatic carbocycles. The average Bonchev–Trinajstić information content (AvgIpc) is 2.54. The van der Waals surface area contributed by atoms with Crippen LogP contribution in [0.2, 0.25) is 0 Å². The number of halogens is 1. The molecule has 4 nitrogen and oxygen atoms in total. The average molecular weight is 320 g/mol. The number of carbonyl (C=O) groups excluding carboxylic acids is 1. The number of urea groups is 1. The Morgan fingerprint density at radius 3 is 2.78 bits per heavy atom. The molecule has 1 aliphatic carbocycles. The van der Waals surface area contributed by atoms with Crippen LogP contribution < -0.4 is 5.32 Å². The minimum absolute atomic E-state index is 0.0265. The van der Waals surface area contributed by atoms with Crippen molar-refractivity contribution in [2.24, 2.45) is 5.92 Å². The van der Waals surface area contributed by atoms with Crippen LogP contribution in [0.4, 0.5) is 9.18 Å². The zero-order valence-corrected chi connectivity index (χ0v) is 13.6. The third-order valence-corrected chi connectivity index (χ3v) is 5.23. The smallest absolute Gasteiger partial charge is 0.317 e. The summed E-state index contributed by atoms with van der Waals surface area (Å²) in [6.45, 7) is 3.19. The van der Waals surface area contributed by atoms with E-state index in [4.69, 9.17) is 0 Å². The maximum absolute atomic E-state index is 13.4. The summed E-state index contributed by atoms with van der Waals surface area (Å²) in [5.41, 5.74) is 2.05. The molecule has 5 heteroatoms. The molecule has 2 N–H and O–H groups in total. The van der Waals surface area contributed by atoms with E-state index in [0.717, 1.165) is 43.2 Å². The van der Waals surface area contributed by atoms with Crippen molar-refractivity contribution in [3.05, 3.63) is 35.1 Å². The molecule has 0 spiro atoms. The molecule has 3 rings (SSSR count). The van der Waals surface area contributed by atoms with E-state index in [-0.39, 0.29) is 29.9 Å². The number of aliphatic hydroxyl groups excluding tert-OH is 1. The van der Waals surface area contributed by atoms with Gasteiger partial charge in [-0.3, -0.25) is 0 Å². The number of piperidine rings is 1. The normalized spacial score (nSPS) is 23.3. The number of amides is 2. The van der Waals surface area contributed by atoms with Gasteiger partial charge in [-0.15, -0.1) is 0 Å². The predicted octanol–water partition coefficient (Wildman–Crippen LogP) is 3.01. The van der Waals surface area contributed by atoms with Crippen LogP contribution in [0.3, 0.4) is 0 Å². The quantitative estimate of drug-likeness (QED) is 0.880. The Hall–Kier alpha value is -1.62. The van der Waals surface area contributed by atoms with Crippen LogP contribution >= 0.6 is 0 Å².